The molecule has 2 aromatic heterocycles. The second kappa shape index (κ2) is 6.59. The molecule has 0 unspecified atom stereocenters. The van der Waals surface area contributed by atoms with Gasteiger partial charge in [0.2, 0.25) is 0 Å². The Morgan fingerprint density at radius 1 is 1.27 bits per heavy atom. The number of aryl methyl sites for hydroxylation is 1. The van der Waals surface area contributed by atoms with E-state index in [9.17, 15) is 9.90 Å². The average Bonchev–Trinajstić information content (AvgIpc) is 3.08. The van der Waals surface area contributed by atoms with Crippen LogP contribution >= 0.6 is 0 Å². The van der Waals surface area contributed by atoms with Gasteiger partial charge >= 0.3 is 0 Å². The highest BCUT2D eigenvalue weighted by Crippen LogP contribution is 2.71. The molecule has 3 heterocycles. The van der Waals surface area contributed by atoms with E-state index in [-0.39, 0.29) is 22.8 Å². The molecule has 2 bridgehead atoms. The summed E-state index contributed by atoms with van der Waals surface area (Å²) in [6, 6.07) is 1.84. The molecule has 2 N–H and O–H groups in total. The van der Waals surface area contributed by atoms with Crippen molar-refractivity contribution in [3.8, 4) is 11.5 Å². The van der Waals surface area contributed by atoms with Gasteiger partial charge < -0.3 is 19.7 Å². The first-order valence-corrected chi connectivity index (χ1v) is 10.7. The largest absolute Gasteiger partial charge is 0.390 e. The number of ether oxygens (including phenoxy) is 1. The summed E-state index contributed by atoms with van der Waals surface area (Å²) in [4.78, 5) is 26.7. The minimum absolute atomic E-state index is 0.0565. The Labute approximate surface area is 176 Å². The Kier molecular flexibility index (Phi) is 4.31. The fourth-order valence-electron chi connectivity index (χ4n) is 5.35. The number of nitrogens with zero attached hydrogens (tertiary/aromatic N) is 4. The fraction of sp³-hybridized carbons (Fsp3) is 0.636. The summed E-state index contributed by atoms with van der Waals surface area (Å²) in [7, 11) is 1.89. The number of hydrogen-bond donors (Lipinski definition) is 2. The Morgan fingerprint density at radius 3 is 2.57 bits per heavy atom. The van der Waals surface area contributed by atoms with Gasteiger partial charge in [-0.3, -0.25) is 4.79 Å². The van der Waals surface area contributed by atoms with E-state index in [2.05, 4.69) is 15.3 Å². The Balaban J connectivity index is 1.41. The number of nitrogens with one attached hydrogen (secondary N) is 1. The summed E-state index contributed by atoms with van der Waals surface area (Å²) in [5.41, 5.74) is 1.10. The lowest BCUT2D eigenvalue weighted by Crippen LogP contribution is -2.79. The van der Waals surface area contributed by atoms with Crippen LogP contribution in [0.1, 0.15) is 68.1 Å². The minimum atomic E-state index is -0.711. The van der Waals surface area contributed by atoms with Crippen molar-refractivity contribution in [3.05, 3.63) is 30.0 Å². The third kappa shape index (κ3) is 3.04. The number of imidazole rings is 1. The second-order valence-corrected chi connectivity index (χ2v) is 9.88. The SMILES string of the molecule is Cn1cncc1-c1nc(C(=O)NC23CC(C(C)(C)O)(C2)C3)cc(C2CCOCC2)n1. The molecule has 8 nitrogen and oxygen atoms in total. The first kappa shape index (κ1) is 19.6. The van der Waals surface area contributed by atoms with Gasteiger partial charge in [0.15, 0.2) is 5.82 Å². The zero-order valence-corrected chi connectivity index (χ0v) is 17.8. The second-order valence-electron chi connectivity index (χ2n) is 9.88. The molecule has 4 aliphatic rings. The first-order valence-electron chi connectivity index (χ1n) is 10.7. The Bertz CT molecular complexity index is 967. The van der Waals surface area contributed by atoms with Crippen LogP contribution < -0.4 is 5.32 Å². The van der Waals surface area contributed by atoms with Gasteiger partial charge in [0.1, 0.15) is 11.4 Å². The molecule has 8 heteroatoms. The van der Waals surface area contributed by atoms with Crippen LogP contribution in [0.5, 0.6) is 0 Å². The summed E-state index contributed by atoms with van der Waals surface area (Å²) < 4.78 is 7.35. The lowest BCUT2D eigenvalue weighted by Gasteiger charge is -2.74. The van der Waals surface area contributed by atoms with Crippen molar-refractivity contribution in [2.24, 2.45) is 12.5 Å². The maximum atomic E-state index is 13.2. The smallest absolute Gasteiger partial charge is 0.270 e. The van der Waals surface area contributed by atoms with Gasteiger partial charge in [-0.25, -0.2) is 15.0 Å². The van der Waals surface area contributed by atoms with Gasteiger partial charge in [0.25, 0.3) is 5.91 Å². The molecule has 30 heavy (non-hydrogen) atoms. The third-order valence-electron chi connectivity index (χ3n) is 7.37. The lowest BCUT2D eigenvalue weighted by atomic mass is 9.35. The van der Waals surface area contributed by atoms with E-state index in [1.807, 2.05) is 31.5 Å². The number of hydrogen-bond acceptors (Lipinski definition) is 6. The van der Waals surface area contributed by atoms with Crippen LogP contribution in [0.25, 0.3) is 11.5 Å². The molecule has 1 aliphatic heterocycles. The molecule has 0 aromatic carbocycles. The molecule has 160 valence electrons. The molecule has 2 aromatic rings. The third-order valence-corrected chi connectivity index (χ3v) is 7.37. The van der Waals surface area contributed by atoms with Gasteiger partial charge in [-0.05, 0) is 52.0 Å². The van der Waals surface area contributed by atoms with E-state index in [0.29, 0.717) is 24.7 Å². The summed E-state index contributed by atoms with van der Waals surface area (Å²) in [6.07, 6.45) is 7.67. The summed E-state index contributed by atoms with van der Waals surface area (Å²) >= 11 is 0. The number of carbonyl (C=O) groups is 1. The Hall–Kier alpha value is -2.32. The van der Waals surface area contributed by atoms with Crippen molar-refractivity contribution < 1.29 is 14.6 Å². The van der Waals surface area contributed by atoms with Crippen molar-refractivity contribution >= 4 is 5.91 Å². The average molecular weight is 412 g/mol. The monoisotopic (exact) mass is 411 g/mol. The van der Waals surface area contributed by atoms with Crippen molar-refractivity contribution in [3.63, 3.8) is 0 Å². The quantitative estimate of drug-likeness (QED) is 0.782. The topological polar surface area (TPSA) is 102 Å². The molecular formula is C22H29N5O3. The highest BCUT2D eigenvalue weighted by molar-refractivity contribution is 5.93. The maximum Gasteiger partial charge on any atom is 0.270 e. The van der Waals surface area contributed by atoms with Crippen molar-refractivity contribution in [1.29, 1.82) is 0 Å². The molecule has 0 atom stereocenters. The highest BCUT2D eigenvalue weighted by Gasteiger charge is 2.73. The molecule has 0 spiro atoms. The van der Waals surface area contributed by atoms with Gasteiger partial charge in [0.05, 0.1) is 18.1 Å². The summed E-state index contributed by atoms with van der Waals surface area (Å²) in [5.74, 6) is 0.613. The van der Waals surface area contributed by atoms with Crippen LogP contribution in [0.15, 0.2) is 18.6 Å². The number of rotatable bonds is 5. The first-order chi connectivity index (χ1) is 14.2. The van der Waals surface area contributed by atoms with Crippen LogP contribution in [0.3, 0.4) is 0 Å². The number of aromatic nitrogens is 4. The normalized spacial score (nSPS) is 28.5. The Morgan fingerprint density at radius 2 is 1.97 bits per heavy atom. The molecule has 6 rings (SSSR count). The minimum Gasteiger partial charge on any atom is -0.390 e. The number of carbonyl (C=O) groups excluding carboxylic acids is 1. The van der Waals surface area contributed by atoms with Crippen molar-refractivity contribution in [1.82, 2.24) is 24.8 Å². The van der Waals surface area contributed by atoms with Gasteiger partial charge in [0, 0.05) is 42.8 Å². The van der Waals surface area contributed by atoms with E-state index in [1.54, 1.807) is 12.5 Å². The standard InChI is InChI=1S/C22H29N5O3/c1-20(2,29)21-10-22(11-21,12-21)26-19(28)16-8-15(14-4-6-30-7-5-14)24-18(25-16)17-9-23-13-27(17)3/h8-9,13-14,29H,4-7,10-12H2,1-3H3,(H,26,28). The van der Waals surface area contributed by atoms with E-state index < -0.39 is 5.60 Å². The van der Waals surface area contributed by atoms with Gasteiger partial charge in [-0.1, -0.05) is 0 Å². The van der Waals surface area contributed by atoms with E-state index in [4.69, 9.17) is 9.72 Å². The number of aliphatic hydroxyl groups is 1. The predicted molar refractivity (Wildman–Crippen MR) is 110 cm³/mol. The van der Waals surface area contributed by atoms with Crippen LogP contribution in [0, 0.1) is 5.41 Å². The molecular weight excluding hydrogens is 382 g/mol. The molecule has 3 saturated carbocycles. The molecule has 3 aliphatic carbocycles. The van der Waals surface area contributed by atoms with Crippen molar-refractivity contribution in [2.45, 2.75) is 63.0 Å². The molecule has 4 fully saturated rings. The van der Waals surface area contributed by atoms with E-state index in [1.165, 1.54) is 0 Å². The van der Waals surface area contributed by atoms with Crippen LogP contribution in [-0.2, 0) is 11.8 Å². The fourth-order valence-corrected chi connectivity index (χ4v) is 5.35. The van der Waals surface area contributed by atoms with Crippen molar-refractivity contribution in [2.75, 3.05) is 13.2 Å². The van der Waals surface area contributed by atoms with Gasteiger partial charge in [-0.2, -0.15) is 0 Å². The zero-order chi connectivity index (χ0) is 21.1. The molecule has 1 amide bonds. The number of amides is 1. The predicted octanol–water partition coefficient (Wildman–Crippen LogP) is 2.19. The molecule has 0 radical (unpaired) electrons. The van der Waals surface area contributed by atoms with Crippen LogP contribution in [-0.4, -0.2) is 54.9 Å². The molecule has 1 saturated heterocycles. The maximum absolute atomic E-state index is 13.2. The summed E-state index contributed by atoms with van der Waals surface area (Å²) in [5, 5.41) is 13.6. The summed E-state index contributed by atoms with van der Waals surface area (Å²) in [6.45, 7) is 5.14. The van der Waals surface area contributed by atoms with Gasteiger partial charge in [-0.15, -0.1) is 0 Å². The zero-order valence-electron chi connectivity index (χ0n) is 17.8. The highest BCUT2D eigenvalue weighted by atomic mass is 16.5. The van der Waals surface area contributed by atoms with Crippen LogP contribution in [0.2, 0.25) is 0 Å². The van der Waals surface area contributed by atoms with E-state index in [0.717, 1.165) is 43.5 Å². The van der Waals surface area contributed by atoms with Crippen LogP contribution in [0.4, 0.5) is 0 Å². The lowest BCUT2D eigenvalue weighted by molar-refractivity contribution is -0.247. The van der Waals surface area contributed by atoms with E-state index >= 15 is 0 Å².